The normalized spacial score (nSPS) is 13.5. The fourth-order valence-corrected chi connectivity index (χ4v) is 1.08. The Hall–Kier alpha value is -0.520. The molecular weight excluding hydrogens is 212 g/mol. The van der Waals surface area contributed by atoms with Gasteiger partial charge in [-0.2, -0.15) is 0 Å². The maximum absolute atomic E-state index is 5.98. The summed E-state index contributed by atoms with van der Waals surface area (Å²) in [7, 11) is 0. The Bertz CT molecular complexity index is 264. The van der Waals surface area contributed by atoms with Gasteiger partial charge in [-0.25, -0.2) is 0 Å². The second-order valence-electron chi connectivity index (χ2n) is 6.61. The zero-order valence-electron chi connectivity index (χ0n) is 12.5. The maximum atomic E-state index is 5.98. The van der Waals surface area contributed by atoms with Gasteiger partial charge in [0.2, 0.25) is 0 Å². The maximum Gasteiger partial charge on any atom is 0.108 e. The summed E-state index contributed by atoms with van der Waals surface area (Å²) < 4.78 is 11.5. The van der Waals surface area contributed by atoms with Gasteiger partial charge < -0.3 is 9.47 Å². The number of terminal acetylenes is 1. The third kappa shape index (κ3) is 6.10. The van der Waals surface area contributed by atoms with Crippen LogP contribution in [0.3, 0.4) is 0 Å². The molecule has 0 aromatic carbocycles. The van der Waals surface area contributed by atoms with Crippen LogP contribution in [0.15, 0.2) is 0 Å². The second-order valence-corrected chi connectivity index (χ2v) is 6.61. The summed E-state index contributed by atoms with van der Waals surface area (Å²) in [6, 6.07) is 0. The highest BCUT2D eigenvalue weighted by atomic mass is 16.5. The van der Waals surface area contributed by atoms with Gasteiger partial charge in [0, 0.05) is 0 Å². The van der Waals surface area contributed by atoms with Gasteiger partial charge in [0.15, 0.2) is 0 Å². The fraction of sp³-hybridized carbons (Fsp3) is 0.867. The molecule has 0 aliphatic carbocycles. The van der Waals surface area contributed by atoms with E-state index in [1.807, 2.05) is 13.8 Å². The molecule has 0 saturated heterocycles. The largest absolute Gasteiger partial charge is 0.375 e. The van der Waals surface area contributed by atoms with Crippen LogP contribution in [0, 0.1) is 17.8 Å². The average molecular weight is 240 g/mol. The molecule has 0 spiro atoms. The Morgan fingerprint density at radius 1 is 0.941 bits per heavy atom. The minimum absolute atomic E-state index is 0.122. The van der Waals surface area contributed by atoms with Crippen molar-refractivity contribution in [1.29, 1.82) is 0 Å². The summed E-state index contributed by atoms with van der Waals surface area (Å²) in [5.74, 6) is 2.49. The van der Waals surface area contributed by atoms with E-state index in [0.29, 0.717) is 13.2 Å². The molecule has 0 fully saturated rings. The Morgan fingerprint density at radius 2 is 1.47 bits per heavy atom. The first-order valence-electron chi connectivity index (χ1n) is 6.23. The molecule has 0 aromatic heterocycles. The highest BCUT2D eigenvalue weighted by Gasteiger charge is 2.34. The summed E-state index contributed by atoms with van der Waals surface area (Å²) in [5, 5.41) is 0. The molecule has 0 saturated carbocycles. The molecule has 0 aliphatic rings. The van der Waals surface area contributed by atoms with Crippen LogP contribution in [-0.4, -0.2) is 24.4 Å². The lowest BCUT2D eigenvalue weighted by atomic mass is 9.79. The topological polar surface area (TPSA) is 18.5 Å². The molecule has 0 amide bonds. The zero-order chi connectivity index (χ0) is 13.7. The smallest absolute Gasteiger partial charge is 0.108 e. The Balaban J connectivity index is 4.12. The molecule has 0 atom stereocenters. The van der Waals surface area contributed by atoms with Crippen LogP contribution in [0.2, 0.25) is 0 Å². The van der Waals surface area contributed by atoms with Crippen LogP contribution in [-0.2, 0) is 9.47 Å². The minimum atomic E-state index is -0.222. The van der Waals surface area contributed by atoms with Gasteiger partial charge in [-0.1, -0.05) is 26.7 Å². The Morgan fingerprint density at radius 3 is 1.88 bits per heavy atom. The molecule has 2 heteroatoms. The van der Waals surface area contributed by atoms with Crippen molar-refractivity contribution >= 4 is 0 Å². The van der Waals surface area contributed by atoms with Gasteiger partial charge in [0.25, 0.3) is 0 Å². The molecular formula is C15H28O2. The quantitative estimate of drug-likeness (QED) is 0.660. The predicted molar refractivity (Wildman–Crippen MR) is 73.0 cm³/mol. The monoisotopic (exact) mass is 240 g/mol. The van der Waals surface area contributed by atoms with E-state index >= 15 is 0 Å². The van der Waals surface area contributed by atoms with Crippen molar-refractivity contribution in [3.05, 3.63) is 0 Å². The molecule has 0 aliphatic heterocycles. The molecule has 0 rings (SSSR count). The van der Waals surface area contributed by atoms with E-state index in [9.17, 15) is 0 Å². The number of rotatable bonds is 6. The van der Waals surface area contributed by atoms with E-state index in [4.69, 9.17) is 15.9 Å². The van der Waals surface area contributed by atoms with E-state index in [1.165, 1.54) is 0 Å². The fourth-order valence-electron chi connectivity index (χ4n) is 1.08. The standard InChI is InChI=1S/C15H28O2/c1-9-11-16-14(5,6)10-12-17-15(7,8)13(2,3)4/h1H,10-12H2,2-8H3. The highest BCUT2D eigenvalue weighted by Crippen LogP contribution is 2.33. The molecule has 100 valence electrons. The molecule has 0 N–H and O–H groups in total. The number of ether oxygens (including phenoxy) is 2. The van der Waals surface area contributed by atoms with Gasteiger partial charge >= 0.3 is 0 Å². The van der Waals surface area contributed by atoms with Gasteiger partial charge in [0.1, 0.15) is 6.61 Å². The molecule has 0 aromatic rings. The third-order valence-electron chi connectivity index (χ3n) is 3.52. The van der Waals surface area contributed by atoms with E-state index in [-0.39, 0.29) is 16.6 Å². The van der Waals surface area contributed by atoms with Gasteiger partial charge in [-0.05, 0) is 39.5 Å². The van der Waals surface area contributed by atoms with Crippen molar-refractivity contribution in [2.45, 2.75) is 66.1 Å². The summed E-state index contributed by atoms with van der Waals surface area (Å²) in [6.07, 6.45) is 6.03. The molecule has 0 unspecified atom stereocenters. The summed E-state index contributed by atoms with van der Waals surface area (Å²) >= 11 is 0. The lowest BCUT2D eigenvalue weighted by molar-refractivity contribution is -0.110. The van der Waals surface area contributed by atoms with Crippen LogP contribution in [0.1, 0.15) is 54.9 Å². The zero-order valence-corrected chi connectivity index (χ0v) is 12.5. The molecule has 17 heavy (non-hydrogen) atoms. The molecule has 0 heterocycles. The predicted octanol–water partition coefficient (Wildman–Crippen LogP) is 3.65. The van der Waals surface area contributed by atoms with Crippen molar-refractivity contribution in [2.24, 2.45) is 5.41 Å². The van der Waals surface area contributed by atoms with Crippen LogP contribution < -0.4 is 0 Å². The van der Waals surface area contributed by atoms with Crippen molar-refractivity contribution in [1.82, 2.24) is 0 Å². The van der Waals surface area contributed by atoms with E-state index < -0.39 is 0 Å². The van der Waals surface area contributed by atoms with Crippen LogP contribution in [0.5, 0.6) is 0 Å². The van der Waals surface area contributed by atoms with Crippen molar-refractivity contribution in [3.8, 4) is 12.3 Å². The first-order valence-corrected chi connectivity index (χ1v) is 6.23. The van der Waals surface area contributed by atoms with E-state index in [0.717, 1.165) is 6.42 Å². The van der Waals surface area contributed by atoms with Crippen LogP contribution in [0.25, 0.3) is 0 Å². The first kappa shape index (κ1) is 16.5. The number of hydrogen-bond acceptors (Lipinski definition) is 2. The van der Waals surface area contributed by atoms with Gasteiger partial charge in [0.05, 0.1) is 17.8 Å². The van der Waals surface area contributed by atoms with Crippen molar-refractivity contribution < 1.29 is 9.47 Å². The van der Waals surface area contributed by atoms with Gasteiger partial charge in [-0.3, -0.25) is 0 Å². The van der Waals surface area contributed by atoms with E-state index in [2.05, 4.69) is 40.5 Å². The van der Waals surface area contributed by atoms with Crippen LogP contribution >= 0.6 is 0 Å². The average Bonchev–Trinajstić information content (AvgIpc) is 2.12. The minimum Gasteiger partial charge on any atom is -0.375 e. The second kappa shape index (κ2) is 5.89. The first-order chi connectivity index (χ1) is 7.52. The molecule has 0 bridgehead atoms. The summed E-state index contributed by atoms with van der Waals surface area (Å²) in [5.41, 5.74) is -0.244. The SMILES string of the molecule is C#CCOC(C)(C)CCOC(C)(C)C(C)(C)C. The van der Waals surface area contributed by atoms with E-state index in [1.54, 1.807) is 0 Å². The summed E-state index contributed by atoms with van der Waals surface area (Å²) in [6.45, 7) is 15.9. The Labute approximate surface area is 107 Å². The highest BCUT2D eigenvalue weighted by molar-refractivity contribution is 4.86. The lowest BCUT2D eigenvalue weighted by Gasteiger charge is -2.39. The van der Waals surface area contributed by atoms with Crippen molar-refractivity contribution in [2.75, 3.05) is 13.2 Å². The van der Waals surface area contributed by atoms with Crippen molar-refractivity contribution in [3.63, 3.8) is 0 Å². The number of hydrogen-bond donors (Lipinski definition) is 0. The van der Waals surface area contributed by atoms with Crippen LogP contribution in [0.4, 0.5) is 0 Å². The summed E-state index contributed by atoms with van der Waals surface area (Å²) in [4.78, 5) is 0. The molecule has 2 nitrogen and oxygen atoms in total. The Kier molecular flexibility index (Phi) is 5.71. The molecule has 0 radical (unpaired) electrons. The lowest BCUT2D eigenvalue weighted by Crippen LogP contribution is -2.40. The van der Waals surface area contributed by atoms with Gasteiger partial charge in [-0.15, -0.1) is 6.42 Å². The third-order valence-corrected chi connectivity index (χ3v) is 3.52.